The SMILES string of the molecule is O=C1C([C@@H](O)c2ccccc2)OCCN1Cc1ccccc1. The summed E-state index contributed by atoms with van der Waals surface area (Å²) >= 11 is 0. The maximum Gasteiger partial charge on any atom is 0.255 e. The highest BCUT2D eigenvalue weighted by Gasteiger charge is 2.35. The summed E-state index contributed by atoms with van der Waals surface area (Å²) in [5, 5.41) is 10.4. The van der Waals surface area contributed by atoms with Crippen LogP contribution in [0.5, 0.6) is 0 Å². The molecular formula is C18H19NO3. The van der Waals surface area contributed by atoms with Gasteiger partial charge in [0.2, 0.25) is 0 Å². The summed E-state index contributed by atoms with van der Waals surface area (Å²) < 4.78 is 5.53. The Morgan fingerprint density at radius 1 is 1.09 bits per heavy atom. The van der Waals surface area contributed by atoms with Gasteiger partial charge in [0.25, 0.3) is 5.91 Å². The first-order valence-electron chi connectivity index (χ1n) is 7.43. The fraction of sp³-hybridized carbons (Fsp3) is 0.278. The molecule has 1 heterocycles. The van der Waals surface area contributed by atoms with Crippen LogP contribution in [0.4, 0.5) is 0 Å². The third-order valence-electron chi connectivity index (χ3n) is 3.86. The second kappa shape index (κ2) is 6.73. The number of hydrogen-bond acceptors (Lipinski definition) is 3. The Morgan fingerprint density at radius 3 is 2.41 bits per heavy atom. The Labute approximate surface area is 130 Å². The van der Waals surface area contributed by atoms with Crippen molar-refractivity contribution in [3.63, 3.8) is 0 Å². The van der Waals surface area contributed by atoms with E-state index in [4.69, 9.17) is 4.74 Å². The highest BCUT2D eigenvalue weighted by molar-refractivity contribution is 5.82. The number of rotatable bonds is 4. The van der Waals surface area contributed by atoms with Crippen LogP contribution < -0.4 is 0 Å². The number of hydrogen-bond donors (Lipinski definition) is 1. The van der Waals surface area contributed by atoms with E-state index in [1.54, 1.807) is 17.0 Å². The first kappa shape index (κ1) is 14.8. The molecule has 0 aliphatic carbocycles. The summed E-state index contributed by atoms with van der Waals surface area (Å²) in [7, 11) is 0. The zero-order chi connectivity index (χ0) is 15.4. The van der Waals surface area contributed by atoms with E-state index < -0.39 is 12.2 Å². The van der Waals surface area contributed by atoms with Crippen molar-refractivity contribution in [3.8, 4) is 0 Å². The maximum absolute atomic E-state index is 12.6. The van der Waals surface area contributed by atoms with E-state index in [-0.39, 0.29) is 5.91 Å². The van der Waals surface area contributed by atoms with Crippen LogP contribution in [0.25, 0.3) is 0 Å². The first-order chi connectivity index (χ1) is 10.8. The van der Waals surface area contributed by atoms with Crippen LogP contribution in [-0.4, -0.2) is 35.2 Å². The number of carbonyl (C=O) groups excluding carboxylic acids is 1. The molecule has 1 aliphatic heterocycles. The summed E-state index contributed by atoms with van der Waals surface area (Å²) in [5.41, 5.74) is 1.77. The molecule has 0 aromatic heterocycles. The lowest BCUT2D eigenvalue weighted by Crippen LogP contribution is -2.49. The van der Waals surface area contributed by atoms with Gasteiger partial charge in [-0.2, -0.15) is 0 Å². The van der Waals surface area contributed by atoms with Crippen LogP contribution >= 0.6 is 0 Å². The number of benzene rings is 2. The van der Waals surface area contributed by atoms with Crippen molar-refractivity contribution in [2.45, 2.75) is 18.8 Å². The van der Waals surface area contributed by atoms with Crippen molar-refractivity contribution in [2.24, 2.45) is 0 Å². The average molecular weight is 297 g/mol. The van der Waals surface area contributed by atoms with Crippen molar-refractivity contribution in [1.82, 2.24) is 4.90 Å². The minimum absolute atomic E-state index is 0.161. The van der Waals surface area contributed by atoms with Gasteiger partial charge in [0.05, 0.1) is 6.61 Å². The lowest BCUT2D eigenvalue weighted by molar-refractivity contribution is -0.164. The van der Waals surface area contributed by atoms with E-state index in [9.17, 15) is 9.90 Å². The lowest BCUT2D eigenvalue weighted by Gasteiger charge is -2.34. The van der Waals surface area contributed by atoms with E-state index in [0.29, 0.717) is 25.3 Å². The van der Waals surface area contributed by atoms with Crippen LogP contribution in [0, 0.1) is 0 Å². The minimum Gasteiger partial charge on any atom is -0.385 e. The predicted octanol–water partition coefficient (Wildman–Crippen LogP) is 2.15. The third-order valence-corrected chi connectivity index (χ3v) is 3.86. The van der Waals surface area contributed by atoms with Crippen LogP contribution in [0.2, 0.25) is 0 Å². The van der Waals surface area contributed by atoms with Gasteiger partial charge < -0.3 is 14.7 Å². The van der Waals surface area contributed by atoms with Crippen LogP contribution in [0.15, 0.2) is 60.7 Å². The number of aliphatic hydroxyl groups excluding tert-OH is 1. The minimum atomic E-state index is -0.938. The molecular weight excluding hydrogens is 278 g/mol. The van der Waals surface area contributed by atoms with Gasteiger partial charge in [-0.15, -0.1) is 0 Å². The third kappa shape index (κ3) is 3.18. The van der Waals surface area contributed by atoms with Crippen molar-refractivity contribution < 1.29 is 14.6 Å². The molecule has 114 valence electrons. The highest BCUT2D eigenvalue weighted by Crippen LogP contribution is 2.24. The Hall–Kier alpha value is -2.17. The standard InChI is InChI=1S/C18H19NO3/c20-16(15-9-5-2-6-10-15)17-18(21)19(11-12-22-17)13-14-7-3-1-4-8-14/h1-10,16-17,20H,11-13H2/t16-,17?/m0/s1. The van der Waals surface area contributed by atoms with Crippen LogP contribution in [0.1, 0.15) is 17.2 Å². The molecule has 1 aliphatic rings. The molecule has 4 nitrogen and oxygen atoms in total. The number of aliphatic hydroxyl groups is 1. The van der Waals surface area contributed by atoms with E-state index in [1.165, 1.54) is 0 Å². The fourth-order valence-electron chi connectivity index (χ4n) is 2.66. The molecule has 2 aromatic carbocycles. The average Bonchev–Trinajstić information content (AvgIpc) is 2.58. The molecule has 2 aromatic rings. The van der Waals surface area contributed by atoms with Gasteiger partial charge in [-0.25, -0.2) is 0 Å². The van der Waals surface area contributed by atoms with Gasteiger partial charge in [0.15, 0.2) is 6.10 Å². The molecule has 4 heteroatoms. The summed E-state index contributed by atoms with van der Waals surface area (Å²) in [6, 6.07) is 19.0. The molecule has 1 amide bonds. The maximum atomic E-state index is 12.6. The molecule has 0 bridgehead atoms. The molecule has 1 unspecified atom stereocenters. The largest absolute Gasteiger partial charge is 0.385 e. The summed E-state index contributed by atoms with van der Waals surface area (Å²) in [6.45, 7) is 1.53. The zero-order valence-electron chi connectivity index (χ0n) is 12.3. The molecule has 0 saturated carbocycles. The van der Waals surface area contributed by atoms with E-state index in [2.05, 4.69) is 0 Å². The Kier molecular flexibility index (Phi) is 4.51. The Morgan fingerprint density at radius 2 is 1.73 bits per heavy atom. The quantitative estimate of drug-likeness (QED) is 0.940. The lowest BCUT2D eigenvalue weighted by atomic mass is 10.0. The first-order valence-corrected chi connectivity index (χ1v) is 7.43. The molecule has 0 spiro atoms. The van der Waals surface area contributed by atoms with Gasteiger partial charge in [0.1, 0.15) is 6.10 Å². The van der Waals surface area contributed by atoms with Crippen molar-refractivity contribution >= 4 is 5.91 Å². The number of morpholine rings is 1. The molecule has 2 atom stereocenters. The van der Waals surface area contributed by atoms with Gasteiger partial charge in [-0.1, -0.05) is 60.7 Å². The van der Waals surface area contributed by atoms with Crippen molar-refractivity contribution in [3.05, 3.63) is 71.8 Å². The van der Waals surface area contributed by atoms with Crippen LogP contribution in [-0.2, 0) is 16.1 Å². The smallest absolute Gasteiger partial charge is 0.255 e. The second-order valence-electron chi connectivity index (χ2n) is 5.39. The summed E-state index contributed by atoms with van der Waals surface area (Å²) in [6.07, 6.45) is -1.77. The van der Waals surface area contributed by atoms with Gasteiger partial charge in [0, 0.05) is 13.1 Å². The molecule has 22 heavy (non-hydrogen) atoms. The zero-order valence-corrected chi connectivity index (χ0v) is 12.3. The monoisotopic (exact) mass is 297 g/mol. The molecule has 1 N–H and O–H groups in total. The summed E-state index contributed by atoms with van der Waals surface area (Å²) in [4.78, 5) is 14.3. The second-order valence-corrected chi connectivity index (χ2v) is 5.39. The Balaban J connectivity index is 1.72. The fourth-order valence-corrected chi connectivity index (χ4v) is 2.66. The van der Waals surface area contributed by atoms with Crippen molar-refractivity contribution in [2.75, 3.05) is 13.2 Å². The summed E-state index contributed by atoms with van der Waals surface area (Å²) in [5.74, 6) is -0.161. The number of amides is 1. The Bertz CT molecular complexity index is 615. The van der Waals surface area contributed by atoms with Gasteiger partial charge >= 0.3 is 0 Å². The molecule has 0 radical (unpaired) electrons. The molecule has 3 rings (SSSR count). The number of nitrogens with zero attached hydrogens (tertiary/aromatic N) is 1. The van der Waals surface area contributed by atoms with E-state index >= 15 is 0 Å². The van der Waals surface area contributed by atoms with Crippen molar-refractivity contribution in [1.29, 1.82) is 0 Å². The highest BCUT2D eigenvalue weighted by atomic mass is 16.5. The van der Waals surface area contributed by atoms with Crippen LogP contribution in [0.3, 0.4) is 0 Å². The number of ether oxygens (including phenoxy) is 1. The molecule has 1 saturated heterocycles. The van der Waals surface area contributed by atoms with Gasteiger partial charge in [-0.05, 0) is 11.1 Å². The van der Waals surface area contributed by atoms with E-state index in [1.807, 2.05) is 48.5 Å². The van der Waals surface area contributed by atoms with Gasteiger partial charge in [-0.3, -0.25) is 4.79 Å². The molecule has 1 fully saturated rings. The van der Waals surface area contributed by atoms with E-state index in [0.717, 1.165) is 5.56 Å². The topological polar surface area (TPSA) is 49.8 Å². The normalized spacial score (nSPS) is 20.0. The number of carbonyl (C=O) groups is 1. The predicted molar refractivity (Wildman–Crippen MR) is 83.0 cm³/mol.